The third kappa shape index (κ3) is 48.3. The van der Waals surface area contributed by atoms with Crippen molar-refractivity contribution < 1.29 is 37.0 Å². The quantitative estimate of drug-likeness (QED) is 0.446. The summed E-state index contributed by atoms with van der Waals surface area (Å²) in [6, 6.07) is 10.0. The zero-order chi connectivity index (χ0) is 10.2. The van der Waals surface area contributed by atoms with E-state index < -0.39 is 0 Å². The largest absolute Gasteiger partial charge is 0.400 e. The first-order valence-corrected chi connectivity index (χ1v) is 3.58. The summed E-state index contributed by atoms with van der Waals surface area (Å²) in [6.45, 7) is 1.93. The molecule has 1 aromatic rings. The van der Waals surface area contributed by atoms with E-state index in [1.165, 1.54) is 0 Å². The van der Waals surface area contributed by atoms with E-state index in [-0.39, 0.29) is 28.3 Å². The summed E-state index contributed by atoms with van der Waals surface area (Å²) in [5.41, 5.74) is 0. The fourth-order valence-corrected chi connectivity index (χ4v) is 0.321. The first-order valence-electron chi connectivity index (χ1n) is 3.58. The van der Waals surface area contributed by atoms with Gasteiger partial charge in [0.2, 0.25) is 0 Å². The standard InChI is InChI=1S/C5H5.C2H6O.2CH4O.Ti/c1-2-4-5-3-1;1-2-3;2*1-2;/h1-5H;3H,2H2,1H3;2*2H,1H3;/q-1;;;;. The molecule has 0 bridgehead atoms. The Hall–Kier alpha value is -0.0557. The van der Waals surface area contributed by atoms with Gasteiger partial charge in [0.1, 0.15) is 0 Å². The minimum absolute atomic E-state index is 0. The molecule has 3 nitrogen and oxygen atoms in total. The van der Waals surface area contributed by atoms with Crippen molar-refractivity contribution in [3.8, 4) is 0 Å². The second-order valence-electron chi connectivity index (χ2n) is 1.28. The molecule has 0 fully saturated rings. The third-order valence-electron chi connectivity index (χ3n) is 0.556. The van der Waals surface area contributed by atoms with Crippen LogP contribution in [0.2, 0.25) is 0 Å². The minimum atomic E-state index is 0. The minimum Gasteiger partial charge on any atom is -0.400 e. The summed E-state index contributed by atoms with van der Waals surface area (Å²) >= 11 is 0. The van der Waals surface area contributed by atoms with Gasteiger partial charge in [-0.25, -0.2) is 12.1 Å². The van der Waals surface area contributed by atoms with Crippen molar-refractivity contribution in [2.75, 3.05) is 20.8 Å². The van der Waals surface area contributed by atoms with Crippen LogP contribution in [0.25, 0.3) is 0 Å². The zero-order valence-corrected chi connectivity index (χ0v) is 10.00. The smallest absolute Gasteiger partial charge is 0.0402 e. The molecule has 4 heteroatoms. The number of aliphatic hydroxyl groups is 3. The topological polar surface area (TPSA) is 60.7 Å². The van der Waals surface area contributed by atoms with Crippen LogP contribution >= 0.6 is 0 Å². The predicted octanol–water partition coefficient (Wildman–Crippen LogP) is 0.619. The van der Waals surface area contributed by atoms with Crippen molar-refractivity contribution in [1.29, 1.82) is 0 Å². The Morgan fingerprint density at radius 3 is 1.31 bits per heavy atom. The molecule has 0 unspecified atom stereocenters. The van der Waals surface area contributed by atoms with Gasteiger partial charge in [0.15, 0.2) is 0 Å². The monoisotopic (exact) mass is 223 g/mol. The van der Waals surface area contributed by atoms with Crippen LogP contribution < -0.4 is 0 Å². The van der Waals surface area contributed by atoms with E-state index in [1.54, 1.807) is 6.92 Å². The number of hydrogen-bond acceptors (Lipinski definition) is 3. The molecule has 0 heterocycles. The molecule has 3 N–H and O–H groups in total. The molecule has 0 radical (unpaired) electrons. The maximum atomic E-state index is 7.57. The van der Waals surface area contributed by atoms with E-state index in [0.717, 1.165) is 14.2 Å². The molecule has 0 aromatic heterocycles. The molecule has 0 saturated heterocycles. The van der Waals surface area contributed by atoms with Crippen LogP contribution in [0.1, 0.15) is 6.92 Å². The molecule has 0 aliphatic rings. The molecule has 0 atom stereocenters. The average Bonchev–Trinajstić information content (AvgIpc) is 2.69. The second-order valence-corrected chi connectivity index (χ2v) is 1.28. The Balaban J connectivity index is -0.0000000453. The van der Waals surface area contributed by atoms with Gasteiger partial charge in [-0.1, -0.05) is 0 Å². The molecular formula is C9H19O3Ti-. The fourth-order valence-electron chi connectivity index (χ4n) is 0.321. The Kier molecular flexibility index (Phi) is 71.9. The molecule has 0 aliphatic heterocycles. The summed E-state index contributed by atoms with van der Waals surface area (Å²) in [6.07, 6.45) is 0. The summed E-state index contributed by atoms with van der Waals surface area (Å²) in [7, 11) is 2.00. The first-order chi connectivity index (χ1) is 5.91. The second kappa shape index (κ2) is 40.5. The number of aliphatic hydroxyl groups excluding tert-OH is 3. The predicted molar refractivity (Wildman–Crippen MR) is 51.1 cm³/mol. The van der Waals surface area contributed by atoms with E-state index in [9.17, 15) is 0 Å². The Morgan fingerprint density at radius 1 is 1.00 bits per heavy atom. The Morgan fingerprint density at radius 2 is 1.23 bits per heavy atom. The van der Waals surface area contributed by atoms with Crippen molar-refractivity contribution in [3.63, 3.8) is 0 Å². The normalized spacial score (nSPS) is 5.38. The molecule has 0 spiro atoms. The maximum Gasteiger partial charge on any atom is 0.0402 e. The fraction of sp³-hybridized carbons (Fsp3) is 0.444. The van der Waals surface area contributed by atoms with E-state index >= 15 is 0 Å². The molecule has 13 heavy (non-hydrogen) atoms. The van der Waals surface area contributed by atoms with Crippen LogP contribution in [-0.4, -0.2) is 36.1 Å². The van der Waals surface area contributed by atoms with Gasteiger partial charge in [0.25, 0.3) is 0 Å². The molecule has 0 aliphatic carbocycles. The van der Waals surface area contributed by atoms with Gasteiger partial charge < -0.3 is 15.3 Å². The zero-order valence-electron chi connectivity index (χ0n) is 8.44. The van der Waals surface area contributed by atoms with Crippen LogP contribution in [0.5, 0.6) is 0 Å². The van der Waals surface area contributed by atoms with Crippen LogP contribution in [-0.2, 0) is 21.7 Å². The van der Waals surface area contributed by atoms with Gasteiger partial charge in [0, 0.05) is 42.5 Å². The van der Waals surface area contributed by atoms with Crippen LogP contribution in [0.4, 0.5) is 0 Å². The SMILES string of the molecule is CCO.CO.CO.[Ti].c1cc[cH-]c1. The van der Waals surface area contributed by atoms with Crippen molar-refractivity contribution in [2.24, 2.45) is 0 Å². The Labute approximate surface area is 95.3 Å². The van der Waals surface area contributed by atoms with Crippen LogP contribution in [0.3, 0.4) is 0 Å². The molecule has 78 valence electrons. The first kappa shape index (κ1) is 23.1. The maximum absolute atomic E-state index is 7.57. The average molecular weight is 223 g/mol. The van der Waals surface area contributed by atoms with E-state index in [2.05, 4.69) is 0 Å². The molecule has 1 aromatic carbocycles. The summed E-state index contributed by atoms with van der Waals surface area (Å²) in [4.78, 5) is 0. The van der Waals surface area contributed by atoms with E-state index in [4.69, 9.17) is 15.3 Å². The van der Waals surface area contributed by atoms with Gasteiger partial charge >= 0.3 is 0 Å². The van der Waals surface area contributed by atoms with Crippen molar-refractivity contribution in [2.45, 2.75) is 6.92 Å². The van der Waals surface area contributed by atoms with Crippen LogP contribution in [0, 0.1) is 0 Å². The number of rotatable bonds is 0. The summed E-state index contributed by atoms with van der Waals surface area (Å²) in [5.74, 6) is 0. The van der Waals surface area contributed by atoms with Crippen LogP contribution in [0.15, 0.2) is 30.3 Å². The van der Waals surface area contributed by atoms with Gasteiger partial charge in [-0.2, -0.15) is 18.2 Å². The van der Waals surface area contributed by atoms with E-state index in [0.29, 0.717) is 0 Å². The Bertz CT molecular complexity index is 81.8. The van der Waals surface area contributed by atoms with Crippen molar-refractivity contribution >= 4 is 0 Å². The summed E-state index contributed by atoms with van der Waals surface area (Å²) < 4.78 is 0. The van der Waals surface area contributed by atoms with Gasteiger partial charge in [-0.05, 0) is 6.92 Å². The van der Waals surface area contributed by atoms with Gasteiger partial charge in [-0.3, -0.25) is 0 Å². The van der Waals surface area contributed by atoms with Gasteiger partial charge in [0.05, 0.1) is 0 Å². The van der Waals surface area contributed by atoms with Gasteiger partial charge in [-0.15, -0.1) is 0 Å². The molecule has 0 amide bonds. The molecule has 0 saturated carbocycles. The molecule has 1 rings (SSSR count). The van der Waals surface area contributed by atoms with E-state index in [1.807, 2.05) is 30.3 Å². The molecular weight excluding hydrogens is 204 g/mol. The van der Waals surface area contributed by atoms with Crippen molar-refractivity contribution in [3.05, 3.63) is 30.3 Å². The summed E-state index contributed by atoms with van der Waals surface area (Å²) in [5, 5.41) is 21.6. The third-order valence-corrected chi connectivity index (χ3v) is 0.556. The van der Waals surface area contributed by atoms with Crippen molar-refractivity contribution in [1.82, 2.24) is 0 Å². The number of hydrogen-bond donors (Lipinski definition) is 3.